The fraction of sp³-hybridized carbons (Fsp3) is 0.611. The van der Waals surface area contributed by atoms with Gasteiger partial charge in [0.2, 0.25) is 5.91 Å². The number of likely N-dealkylation sites (tertiary alicyclic amines) is 1. The SMILES string of the molecule is Cc1ccc(C(=O)N2C[C@H](C(=O)NC3CC3)[C@@H]3CCO[C@@H]3C2)cn1. The molecular weight excluding hydrogens is 306 g/mol. The van der Waals surface area contributed by atoms with E-state index in [1.54, 1.807) is 17.2 Å². The predicted molar refractivity (Wildman–Crippen MR) is 87.4 cm³/mol. The van der Waals surface area contributed by atoms with Crippen molar-refractivity contribution in [3.63, 3.8) is 0 Å². The van der Waals surface area contributed by atoms with Gasteiger partial charge in [-0.25, -0.2) is 0 Å². The van der Waals surface area contributed by atoms with E-state index in [0.717, 1.165) is 25.0 Å². The molecule has 3 aliphatic rings. The van der Waals surface area contributed by atoms with Crippen LogP contribution in [0.5, 0.6) is 0 Å². The molecule has 0 unspecified atom stereocenters. The molecule has 4 rings (SSSR count). The molecule has 3 fully saturated rings. The zero-order valence-corrected chi connectivity index (χ0v) is 13.9. The second-order valence-electron chi connectivity index (χ2n) is 7.15. The zero-order chi connectivity index (χ0) is 16.7. The van der Waals surface area contributed by atoms with Gasteiger partial charge in [0, 0.05) is 43.5 Å². The van der Waals surface area contributed by atoms with Crippen molar-refractivity contribution in [1.29, 1.82) is 0 Å². The Hall–Kier alpha value is -1.95. The van der Waals surface area contributed by atoms with Gasteiger partial charge in [-0.05, 0) is 38.3 Å². The number of hydrogen-bond donors (Lipinski definition) is 1. The van der Waals surface area contributed by atoms with Crippen LogP contribution < -0.4 is 5.32 Å². The molecule has 2 saturated heterocycles. The quantitative estimate of drug-likeness (QED) is 0.903. The van der Waals surface area contributed by atoms with Crippen LogP contribution in [-0.2, 0) is 9.53 Å². The van der Waals surface area contributed by atoms with Gasteiger partial charge in [-0.2, -0.15) is 0 Å². The summed E-state index contributed by atoms with van der Waals surface area (Å²) < 4.78 is 5.80. The molecule has 1 aliphatic carbocycles. The largest absolute Gasteiger partial charge is 0.376 e. The van der Waals surface area contributed by atoms with Gasteiger partial charge >= 0.3 is 0 Å². The molecular formula is C18H23N3O3. The molecule has 2 amide bonds. The molecule has 0 bridgehead atoms. The first-order valence-corrected chi connectivity index (χ1v) is 8.76. The van der Waals surface area contributed by atoms with Crippen LogP contribution in [0.3, 0.4) is 0 Å². The number of aromatic nitrogens is 1. The number of carbonyl (C=O) groups is 2. The highest BCUT2D eigenvalue weighted by Crippen LogP contribution is 2.35. The van der Waals surface area contributed by atoms with Crippen molar-refractivity contribution in [3.8, 4) is 0 Å². The molecule has 1 saturated carbocycles. The number of amides is 2. The molecule has 0 spiro atoms. The number of ether oxygens (including phenoxy) is 1. The number of piperidine rings is 1. The number of rotatable bonds is 3. The number of nitrogens with one attached hydrogen (secondary N) is 1. The third-order valence-corrected chi connectivity index (χ3v) is 5.30. The maximum absolute atomic E-state index is 12.8. The number of hydrogen-bond acceptors (Lipinski definition) is 4. The van der Waals surface area contributed by atoms with Crippen LogP contribution in [0, 0.1) is 18.8 Å². The topological polar surface area (TPSA) is 71.5 Å². The third kappa shape index (κ3) is 3.02. The first-order chi connectivity index (χ1) is 11.6. The molecule has 1 aromatic rings. The van der Waals surface area contributed by atoms with Crippen LogP contribution in [-0.4, -0.2) is 53.5 Å². The molecule has 0 radical (unpaired) electrons. The lowest BCUT2D eigenvalue weighted by Gasteiger charge is -2.39. The lowest BCUT2D eigenvalue weighted by atomic mass is 9.82. The van der Waals surface area contributed by atoms with E-state index in [2.05, 4.69) is 10.3 Å². The minimum absolute atomic E-state index is 0.0314. The molecule has 6 heteroatoms. The molecule has 128 valence electrons. The maximum atomic E-state index is 12.8. The van der Waals surface area contributed by atoms with Gasteiger partial charge in [0.05, 0.1) is 17.6 Å². The van der Waals surface area contributed by atoms with Crippen LogP contribution in [0.25, 0.3) is 0 Å². The summed E-state index contributed by atoms with van der Waals surface area (Å²) in [6.07, 6.45) is 4.62. The van der Waals surface area contributed by atoms with Crippen molar-refractivity contribution in [2.75, 3.05) is 19.7 Å². The van der Waals surface area contributed by atoms with E-state index < -0.39 is 0 Å². The fourth-order valence-electron chi connectivity index (χ4n) is 3.73. The van der Waals surface area contributed by atoms with E-state index in [0.29, 0.717) is 31.3 Å². The van der Waals surface area contributed by atoms with E-state index in [9.17, 15) is 9.59 Å². The van der Waals surface area contributed by atoms with Gasteiger partial charge < -0.3 is 15.0 Å². The second kappa shape index (κ2) is 6.16. The Morgan fingerprint density at radius 1 is 1.25 bits per heavy atom. The van der Waals surface area contributed by atoms with Gasteiger partial charge in [-0.1, -0.05) is 0 Å². The van der Waals surface area contributed by atoms with Crippen molar-refractivity contribution in [3.05, 3.63) is 29.6 Å². The normalized spacial score (nSPS) is 29.2. The van der Waals surface area contributed by atoms with Gasteiger partial charge in [-0.15, -0.1) is 0 Å². The van der Waals surface area contributed by atoms with Crippen LogP contribution >= 0.6 is 0 Å². The lowest BCUT2D eigenvalue weighted by Crippen LogP contribution is -2.54. The molecule has 6 nitrogen and oxygen atoms in total. The minimum Gasteiger partial charge on any atom is -0.376 e. The number of pyridine rings is 1. The smallest absolute Gasteiger partial charge is 0.255 e. The Morgan fingerprint density at radius 3 is 2.79 bits per heavy atom. The highest BCUT2D eigenvalue weighted by atomic mass is 16.5. The molecule has 3 atom stereocenters. The van der Waals surface area contributed by atoms with Crippen molar-refractivity contribution in [2.24, 2.45) is 11.8 Å². The van der Waals surface area contributed by atoms with E-state index in [1.165, 1.54) is 0 Å². The van der Waals surface area contributed by atoms with E-state index in [4.69, 9.17) is 4.74 Å². The Labute approximate surface area is 141 Å². The summed E-state index contributed by atoms with van der Waals surface area (Å²) in [5.74, 6) is 0.0661. The number of nitrogens with zero attached hydrogens (tertiary/aromatic N) is 2. The van der Waals surface area contributed by atoms with Crippen molar-refractivity contribution >= 4 is 11.8 Å². The highest BCUT2D eigenvalue weighted by molar-refractivity contribution is 5.94. The van der Waals surface area contributed by atoms with Crippen LogP contribution in [0.4, 0.5) is 0 Å². The monoisotopic (exact) mass is 329 g/mol. The minimum atomic E-state index is -0.172. The third-order valence-electron chi connectivity index (χ3n) is 5.30. The molecule has 0 aromatic carbocycles. The highest BCUT2D eigenvalue weighted by Gasteiger charge is 2.46. The van der Waals surface area contributed by atoms with Crippen LogP contribution in [0.15, 0.2) is 18.3 Å². The molecule has 2 aliphatic heterocycles. The van der Waals surface area contributed by atoms with E-state index >= 15 is 0 Å². The van der Waals surface area contributed by atoms with E-state index in [1.807, 2.05) is 13.0 Å². The average molecular weight is 329 g/mol. The Balaban J connectivity index is 1.51. The average Bonchev–Trinajstić information content (AvgIpc) is 3.27. The first-order valence-electron chi connectivity index (χ1n) is 8.76. The van der Waals surface area contributed by atoms with Crippen molar-refractivity contribution in [2.45, 2.75) is 38.3 Å². The van der Waals surface area contributed by atoms with Crippen LogP contribution in [0.2, 0.25) is 0 Å². The summed E-state index contributed by atoms with van der Waals surface area (Å²) >= 11 is 0. The summed E-state index contributed by atoms with van der Waals surface area (Å²) in [5, 5.41) is 3.10. The second-order valence-corrected chi connectivity index (χ2v) is 7.15. The molecule has 1 N–H and O–H groups in total. The lowest BCUT2D eigenvalue weighted by molar-refractivity contribution is -0.130. The summed E-state index contributed by atoms with van der Waals surface area (Å²) in [4.78, 5) is 31.4. The van der Waals surface area contributed by atoms with Gasteiger partial charge in [0.15, 0.2) is 0 Å². The molecule has 24 heavy (non-hydrogen) atoms. The number of carbonyl (C=O) groups excluding carboxylic acids is 2. The summed E-state index contributed by atoms with van der Waals surface area (Å²) in [7, 11) is 0. The number of fused-ring (bicyclic) bond motifs is 1. The van der Waals surface area contributed by atoms with Crippen molar-refractivity contribution < 1.29 is 14.3 Å². The summed E-state index contributed by atoms with van der Waals surface area (Å²) in [6, 6.07) is 3.97. The first kappa shape index (κ1) is 15.6. The Morgan fingerprint density at radius 2 is 2.08 bits per heavy atom. The summed E-state index contributed by atoms with van der Waals surface area (Å²) in [6.45, 7) is 3.60. The van der Waals surface area contributed by atoms with Crippen LogP contribution in [0.1, 0.15) is 35.3 Å². The van der Waals surface area contributed by atoms with E-state index in [-0.39, 0.29) is 29.8 Å². The maximum Gasteiger partial charge on any atom is 0.255 e. The number of aryl methyl sites for hydroxylation is 1. The zero-order valence-electron chi connectivity index (χ0n) is 13.9. The standard InChI is InChI=1S/C18H23N3O3/c1-11-2-3-12(8-19-11)18(23)21-9-15(17(22)20-13-4-5-13)14-6-7-24-16(14)10-21/h2-3,8,13-16H,4-7,9-10H2,1H3,(H,20,22)/t14-,15-,16+/m0/s1. The molecule has 1 aromatic heterocycles. The molecule has 3 heterocycles. The Bertz CT molecular complexity index is 641. The summed E-state index contributed by atoms with van der Waals surface area (Å²) in [5.41, 5.74) is 1.45. The Kier molecular flexibility index (Phi) is 4.00. The van der Waals surface area contributed by atoms with Gasteiger partial charge in [0.25, 0.3) is 5.91 Å². The van der Waals surface area contributed by atoms with Crippen molar-refractivity contribution in [1.82, 2.24) is 15.2 Å². The predicted octanol–water partition coefficient (Wildman–Crippen LogP) is 1.15. The fourth-order valence-corrected chi connectivity index (χ4v) is 3.73. The van der Waals surface area contributed by atoms with Gasteiger partial charge in [-0.3, -0.25) is 14.6 Å². The van der Waals surface area contributed by atoms with Gasteiger partial charge in [0.1, 0.15) is 0 Å².